The molecule has 2 fully saturated rings. The number of fused-ring (bicyclic) bond motifs is 1. The van der Waals surface area contributed by atoms with Gasteiger partial charge in [0.2, 0.25) is 0 Å². The van der Waals surface area contributed by atoms with E-state index in [2.05, 4.69) is 11.0 Å². The lowest BCUT2D eigenvalue weighted by Gasteiger charge is -2.28. The van der Waals surface area contributed by atoms with Crippen molar-refractivity contribution in [1.82, 2.24) is 19.4 Å². The fourth-order valence-corrected chi connectivity index (χ4v) is 6.00. The molecule has 1 N–H and O–H groups in total. The molecule has 2 aliphatic heterocycles. The smallest absolute Gasteiger partial charge is 0.335 e. The van der Waals surface area contributed by atoms with Crippen molar-refractivity contribution in [2.75, 3.05) is 19.7 Å². The third-order valence-electron chi connectivity index (χ3n) is 7.32. The zero-order valence-electron chi connectivity index (χ0n) is 21.4. The molecular formula is C29H26Cl2N4O4S. The van der Waals surface area contributed by atoms with Crippen LogP contribution in [0.15, 0.2) is 54.6 Å². The van der Waals surface area contributed by atoms with E-state index in [1.165, 1.54) is 0 Å². The van der Waals surface area contributed by atoms with Crippen LogP contribution in [0, 0.1) is 0 Å². The fourth-order valence-electron chi connectivity index (χ4n) is 5.15. The van der Waals surface area contributed by atoms with Crippen molar-refractivity contribution in [1.29, 1.82) is 0 Å². The largest absolute Gasteiger partial charge is 0.486 e. The Labute approximate surface area is 246 Å². The minimum atomic E-state index is -0.985. The maximum atomic E-state index is 11.6. The highest BCUT2D eigenvalue weighted by atomic mass is 35.5. The average molecular weight is 598 g/mol. The Hall–Kier alpha value is -3.08. The number of nitrogens with zero attached hydrogens (tertiary/aromatic N) is 4. The lowest BCUT2D eigenvalue weighted by atomic mass is 10.0. The van der Waals surface area contributed by atoms with E-state index in [1.807, 2.05) is 16.7 Å². The number of likely N-dealkylation sites (tertiary alicyclic amines) is 1. The topological polar surface area (TPSA) is 89.7 Å². The summed E-state index contributed by atoms with van der Waals surface area (Å²) in [5, 5.41) is 10.5. The van der Waals surface area contributed by atoms with Crippen LogP contribution < -0.4 is 4.74 Å². The second kappa shape index (κ2) is 11.4. The predicted octanol–water partition coefficient (Wildman–Crippen LogP) is 5.97. The predicted molar refractivity (Wildman–Crippen MR) is 157 cm³/mol. The molecule has 2 aliphatic rings. The van der Waals surface area contributed by atoms with Crippen LogP contribution in [0.5, 0.6) is 5.75 Å². The summed E-state index contributed by atoms with van der Waals surface area (Å²) in [6.07, 6.45) is 1.64. The third kappa shape index (κ3) is 5.57. The number of aromatic nitrogens is 3. The monoisotopic (exact) mass is 596 g/mol. The van der Waals surface area contributed by atoms with Crippen LogP contribution in [0.4, 0.5) is 0 Å². The number of carboxylic acids is 1. The third-order valence-corrected chi connectivity index (χ3v) is 8.30. The number of hydrogen-bond acceptors (Lipinski definition) is 7. The number of rotatable bonds is 8. The van der Waals surface area contributed by atoms with Crippen molar-refractivity contribution in [3.05, 3.63) is 87.4 Å². The fraction of sp³-hybridized carbons (Fsp3) is 0.310. The van der Waals surface area contributed by atoms with Crippen LogP contribution in [0.3, 0.4) is 0 Å². The molecule has 8 nitrogen and oxygen atoms in total. The first-order valence-electron chi connectivity index (χ1n) is 13.0. The summed E-state index contributed by atoms with van der Waals surface area (Å²) in [5.74, 6) is 0.626. The van der Waals surface area contributed by atoms with E-state index >= 15 is 0 Å². The van der Waals surface area contributed by atoms with Crippen molar-refractivity contribution in [2.45, 2.75) is 38.0 Å². The second-order valence-corrected chi connectivity index (χ2v) is 11.3. The van der Waals surface area contributed by atoms with E-state index in [-0.39, 0.29) is 17.6 Å². The zero-order valence-corrected chi connectivity index (χ0v) is 23.8. The SMILES string of the molecule is O=C(O)c1ccc2nc(CN3CCC(c4cccc(COc5ccc(Cl)cc5Cl)n4)C3)n(C(=S)[C@@H]3CCO3)c2c1. The molecule has 2 aromatic carbocycles. The maximum absolute atomic E-state index is 11.6. The summed E-state index contributed by atoms with van der Waals surface area (Å²) < 4.78 is 13.5. The Morgan fingerprint density at radius 2 is 1.98 bits per heavy atom. The number of halogens is 2. The first-order valence-corrected chi connectivity index (χ1v) is 14.2. The van der Waals surface area contributed by atoms with Crippen LogP contribution >= 0.6 is 35.4 Å². The number of pyridine rings is 1. The summed E-state index contributed by atoms with van der Waals surface area (Å²) in [6, 6.07) is 16.1. The first kappa shape index (κ1) is 27.1. The van der Waals surface area contributed by atoms with E-state index < -0.39 is 5.97 Å². The standard InChI is InChI=1S/C29H26Cl2N4O4S/c30-19-5-7-25(21(31)13-19)39-16-20-2-1-3-22(32-20)18-8-10-34(14-18)15-27-33-23-6-4-17(29(36)37)12-24(23)35(27)28(40)26-9-11-38-26/h1-7,12-13,18,26H,8-11,14-16H2,(H,36,37)/t18?,26-/m0/s1. The summed E-state index contributed by atoms with van der Waals surface area (Å²) in [5.41, 5.74) is 3.45. The highest BCUT2D eigenvalue weighted by Crippen LogP contribution is 2.31. The minimum absolute atomic E-state index is 0.164. The molecule has 2 atom stereocenters. The Balaban J connectivity index is 1.18. The van der Waals surface area contributed by atoms with Gasteiger partial charge in [0.25, 0.3) is 0 Å². The number of carbonyl (C=O) groups is 1. The van der Waals surface area contributed by atoms with Gasteiger partial charge in [-0.2, -0.15) is 0 Å². The Morgan fingerprint density at radius 3 is 2.73 bits per heavy atom. The molecule has 206 valence electrons. The van der Waals surface area contributed by atoms with E-state index in [0.717, 1.165) is 43.1 Å². The van der Waals surface area contributed by atoms with Gasteiger partial charge in [0.05, 0.1) is 40.5 Å². The van der Waals surface area contributed by atoms with Crippen LogP contribution in [0.2, 0.25) is 10.0 Å². The molecule has 0 saturated carbocycles. The van der Waals surface area contributed by atoms with Crippen molar-refractivity contribution in [2.24, 2.45) is 0 Å². The van der Waals surface area contributed by atoms with Crippen molar-refractivity contribution >= 4 is 57.4 Å². The Bertz CT molecular complexity index is 1610. The highest BCUT2D eigenvalue weighted by Gasteiger charge is 2.30. The van der Waals surface area contributed by atoms with Gasteiger partial charge in [-0.1, -0.05) is 41.5 Å². The van der Waals surface area contributed by atoms with Gasteiger partial charge in [-0.3, -0.25) is 14.5 Å². The second-order valence-electron chi connectivity index (χ2n) is 10.00. The number of ether oxygens (including phenoxy) is 2. The number of benzene rings is 2. The maximum Gasteiger partial charge on any atom is 0.335 e. The Kier molecular flexibility index (Phi) is 7.74. The Morgan fingerprint density at radius 1 is 1.12 bits per heavy atom. The van der Waals surface area contributed by atoms with Crippen molar-refractivity contribution < 1.29 is 19.4 Å². The first-order chi connectivity index (χ1) is 19.4. The molecule has 0 radical (unpaired) electrons. The molecule has 40 heavy (non-hydrogen) atoms. The van der Waals surface area contributed by atoms with E-state index in [4.69, 9.17) is 54.9 Å². The molecule has 0 bridgehead atoms. The molecule has 4 aromatic rings. The molecule has 0 spiro atoms. The molecule has 11 heteroatoms. The summed E-state index contributed by atoms with van der Waals surface area (Å²) in [4.78, 5) is 24.3. The molecular weight excluding hydrogens is 571 g/mol. The summed E-state index contributed by atoms with van der Waals surface area (Å²) in [6.45, 7) is 3.25. The molecule has 2 aromatic heterocycles. The van der Waals surface area contributed by atoms with E-state index in [9.17, 15) is 9.90 Å². The van der Waals surface area contributed by atoms with Gasteiger partial charge in [0, 0.05) is 29.6 Å². The molecule has 4 heterocycles. The number of carboxylic acid groups (broad SMARTS) is 1. The minimum Gasteiger partial charge on any atom is -0.486 e. The average Bonchev–Trinajstić information content (AvgIpc) is 3.51. The quantitative estimate of drug-likeness (QED) is 0.249. The van der Waals surface area contributed by atoms with Crippen LogP contribution in [0.25, 0.3) is 11.0 Å². The molecule has 6 rings (SSSR count). The lowest BCUT2D eigenvalue weighted by Crippen LogP contribution is -2.38. The summed E-state index contributed by atoms with van der Waals surface area (Å²) in [7, 11) is 0. The van der Waals surface area contributed by atoms with Crippen LogP contribution in [-0.2, 0) is 17.9 Å². The van der Waals surface area contributed by atoms with Crippen LogP contribution in [0.1, 0.15) is 46.3 Å². The number of thiocarbonyl (C=S) groups is 1. The van der Waals surface area contributed by atoms with Gasteiger partial charge >= 0.3 is 5.97 Å². The molecule has 0 aliphatic carbocycles. The molecule has 0 amide bonds. The number of imidazole rings is 1. The van der Waals surface area contributed by atoms with Crippen LogP contribution in [-0.4, -0.2) is 61.3 Å². The van der Waals surface area contributed by atoms with Crippen molar-refractivity contribution in [3.8, 4) is 5.75 Å². The van der Waals surface area contributed by atoms with E-state index in [0.29, 0.717) is 51.6 Å². The van der Waals surface area contributed by atoms with Gasteiger partial charge in [-0.15, -0.1) is 0 Å². The van der Waals surface area contributed by atoms with Gasteiger partial charge < -0.3 is 14.6 Å². The van der Waals surface area contributed by atoms with Gasteiger partial charge in [0.15, 0.2) is 0 Å². The van der Waals surface area contributed by atoms with Gasteiger partial charge in [-0.25, -0.2) is 9.78 Å². The highest BCUT2D eigenvalue weighted by molar-refractivity contribution is 7.80. The number of hydrogen-bond donors (Lipinski definition) is 1. The van der Waals surface area contributed by atoms with Gasteiger partial charge in [0.1, 0.15) is 29.3 Å². The number of aromatic carboxylic acids is 1. The van der Waals surface area contributed by atoms with Crippen molar-refractivity contribution in [3.63, 3.8) is 0 Å². The zero-order chi connectivity index (χ0) is 27.8. The van der Waals surface area contributed by atoms with E-state index in [1.54, 1.807) is 36.4 Å². The lowest BCUT2D eigenvalue weighted by molar-refractivity contribution is -0.00581. The normalized spacial score (nSPS) is 19.1. The summed E-state index contributed by atoms with van der Waals surface area (Å²) >= 11 is 18.0. The molecule has 1 unspecified atom stereocenters. The molecule has 2 saturated heterocycles. The van der Waals surface area contributed by atoms with Gasteiger partial charge in [-0.05, 0) is 61.5 Å².